The molecule has 0 unspecified atom stereocenters. The van der Waals surface area contributed by atoms with Crippen molar-refractivity contribution < 1.29 is 13.2 Å². The largest absolute Gasteiger partial charge is 0.341 e. The summed E-state index contributed by atoms with van der Waals surface area (Å²) in [5, 5.41) is 0.419. The van der Waals surface area contributed by atoms with Crippen LogP contribution in [0.25, 0.3) is 0 Å². The van der Waals surface area contributed by atoms with Gasteiger partial charge < -0.3 is 4.90 Å². The molecule has 0 radical (unpaired) electrons. The summed E-state index contributed by atoms with van der Waals surface area (Å²) in [5.41, 5.74) is 0. The van der Waals surface area contributed by atoms with Crippen molar-refractivity contribution in [2.24, 2.45) is 5.92 Å². The molecule has 1 aromatic carbocycles. The van der Waals surface area contributed by atoms with E-state index in [4.69, 9.17) is 11.6 Å². The number of carbonyl (C=O) groups is 1. The van der Waals surface area contributed by atoms with E-state index in [0.717, 1.165) is 30.5 Å². The lowest BCUT2D eigenvalue weighted by Crippen LogP contribution is -2.46. The van der Waals surface area contributed by atoms with Gasteiger partial charge in [-0.15, -0.1) is 11.8 Å². The van der Waals surface area contributed by atoms with E-state index in [2.05, 4.69) is 4.72 Å². The molecule has 1 heterocycles. The molecule has 1 N–H and O–H groups in total. The summed E-state index contributed by atoms with van der Waals surface area (Å²) in [6.07, 6.45) is 2.98. The average Bonchev–Trinajstić information content (AvgIpc) is 2.54. The van der Waals surface area contributed by atoms with Crippen molar-refractivity contribution in [3.63, 3.8) is 0 Å². The topological polar surface area (TPSA) is 66.5 Å². The molecule has 8 heteroatoms. The third kappa shape index (κ3) is 5.95. The lowest BCUT2D eigenvalue weighted by molar-refractivity contribution is -0.132. The fourth-order valence-corrected chi connectivity index (χ4v) is 4.52. The highest BCUT2D eigenvalue weighted by atomic mass is 35.5. The van der Waals surface area contributed by atoms with E-state index in [9.17, 15) is 13.2 Å². The number of hydrogen-bond donors (Lipinski definition) is 1. The Balaban J connectivity index is 1.92. The highest BCUT2D eigenvalue weighted by Gasteiger charge is 2.27. The van der Waals surface area contributed by atoms with Crippen LogP contribution >= 0.6 is 23.4 Å². The standard InChI is InChI=1S/C16H23ClN2O3S2/c1-12(23-15-8-4-3-7-14(15)17)16(20)19-9-5-6-13(11-19)10-18-24(2,21)22/h3-4,7-8,12-13,18H,5-6,9-11H2,1-2H3/t12-,13+/m0/s1. The minimum Gasteiger partial charge on any atom is -0.341 e. The van der Waals surface area contributed by atoms with Gasteiger partial charge in [-0.1, -0.05) is 23.7 Å². The SMILES string of the molecule is C[C@H](Sc1ccccc1Cl)C(=O)N1CCC[C@H](CNS(C)(=O)=O)C1. The minimum atomic E-state index is -3.20. The number of nitrogens with one attached hydrogen (secondary N) is 1. The van der Waals surface area contributed by atoms with Crippen molar-refractivity contribution in [3.05, 3.63) is 29.3 Å². The van der Waals surface area contributed by atoms with E-state index >= 15 is 0 Å². The van der Waals surface area contributed by atoms with Gasteiger partial charge in [0.05, 0.1) is 16.5 Å². The maximum absolute atomic E-state index is 12.7. The van der Waals surface area contributed by atoms with Gasteiger partial charge in [0.1, 0.15) is 0 Å². The van der Waals surface area contributed by atoms with Gasteiger partial charge in [-0.25, -0.2) is 13.1 Å². The van der Waals surface area contributed by atoms with E-state index in [1.807, 2.05) is 36.1 Å². The lowest BCUT2D eigenvalue weighted by atomic mass is 9.98. The first kappa shape index (κ1) is 19.6. The molecule has 1 aliphatic heterocycles. The molecule has 0 spiro atoms. The average molecular weight is 391 g/mol. The highest BCUT2D eigenvalue weighted by Crippen LogP contribution is 2.31. The summed E-state index contributed by atoms with van der Waals surface area (Å²) in [6.45, 7) is 3.58. The summed E-state index contributed by atoms with van der Waals surface area (Å²) in [4.78, 5) is 15.4. The molecule has 1 aromatic rings. The van der Waals surface area contributed by atoms with Crippen molar-refractivity contribution in [1.29, 1.82) is 0 Å². The third-order valence-electron chi connectivity index (χ3n) is 3.95. The van der Waals surface area contributed by atoms with Crippen LogP contribution in [0.15, 0.2) is 29.2 Å². The van der Waals surface area contributed by atoms with Crippen LogP contribution in [0.4, 0.5) is 0 Å². The summed E-state index contributed by atoms with van der Waals surface area (Å²) in [7, 11) is -3.20. The molecule has 0 bridgehead atoms. The fourth-order valence-electron chi connectivity index (χ4n) is 2.74. The Bertz CT molecular complexity index is 682. The van der Waals surface area contributed by atoms with Gasteiger partial charge in [-0.3, -0.25) is 4.79 Å². The number of nitrogens with zero attached hydrogens (tertiary/aromatic N) is 1. The first-order chi connectivity index (χ1) is 11.3. The third-order valence-corrected chi connectivity index (χ3v) is 6.25. The van der Waals surface area contributed by atoms with Gasteiger partial charge in [0.2, 0.25) is 15.9 Å². The number of likely N-dealkylation sites (tertiary alicyclic amines) is 1. The van der Waals surface area contributed by atoms with Gasteiger partial charge >= 0.3 is 0 Å². The molecule has 0 aromatic heterocycles. The van der Waals surface area contributed by atoms with Crippen LogP contribution in [0.2, 0.25) is 5.02 Å². The highest BCUT2D eigenvalue weighted by molar-refractivity contribution is 8.00. The number of sulfonamides is 1. The number of benzene rings is 1. The molecule has 2 atom stereocenters. The molecule has 0 saturated carbocycles. The minimum absolute atomic E-state index is 0.0731. The van der Waals surface area contributed by atoms with Crippen molar-refractivity contribution >= 4 is 39.3 Å². The molecule has 1 fully saturated rings. The first-order valence-electron chi connectivity index (χ1n) is 7.91. The predicted molar refractivity (Wildman–Crippen MR) is 98.9 cm³/mol. The Morgan fingerprint density at radius 3 is 2.83 bits per heavy atom. The van der Waals surface area contributed by atoms with E-state index in [0.29, 0.717) is 18.1 Å². The van der Waals surface area contributed by atoms with E-state index in [-0.39, 0.29) is 17.1 Å². The smallest absolute Gasteiger partial charge is 0.235 e. The monoisotopic (exact) mass is 390 g/mol. The van der Waals surface area contributed by atoms with Crippen LogP contribution in [-0.4, -0.2) is 50.4 Å². The van der Waals surface area contributed by atoms with Crippen LogP contribution in [0.1, 0.15) is 19.8 Å². The number of rotatable bonds is 6. The van der Waals surface area contributed by atoms with Gasteiger partial charge in [0.15, 0.2) is 0 Å². The summed E-state index contributed by atoms with van der Waals surface area (Å²) >= 11 is 7.61. The molecule has 2 rings (SSSR count). The molecular formula is C16H23ClN2O3S2. The van der Waals surface area contributed by atoms with Crippen molar-refractivity contribution in [2.75, 3.05) is 25.9 Å². The van der Waals surface area contributed by atoms with Crippen LogP contribution in [0, 0.1) is 5.92 Å². The van der Waals surface area contributed by atoms with E-state index < -0.39 is 10.0 Å². The maximum Gasteiger partial charge on any atom is 0.235 e. The molecule has 24 heavy (non-hydrogen) atoms. The van der Waals surface area contributed by atoms with Crippen molar-refractivity contribution in [2.45, 2.75) is 29.9 Å². The second-order valence-corrected chi connectivity index (χ2v) is 9.73. The number of thioether (sulfide) groups is 1. The molecule has 1 saturated heterocycles. The Morgan fingerprint density at radius 1 is 1.46 bits per heavy atom. The van der Waals surface area contributed by atoms with Crippen LogP contribution in [-0.2, 0) is 14.8 Å². The number of hydrogen-bond acceptors (Lipinski definition) is 4. The fraction of sp³-hybridized carbons (Fsp3) is 0.562. The Kier molecular flexibility index (Phi) is 6.98. The van der Waals surface area contributed by atoms with Crippen molar-refractivity contribution in [1.82, 2.24) is 9.62 Å². The van der Waals surface area contributed by atoms with Crippen LogP contribution in [0.3, 0.4) is 0 Å². The molecule has 5 nitrogen and oxygen atoms in total. The summed E-state index contributed by atoms with van der Waals surface area (Å²) in [6, 6.07) is 7.49. The number of piperidine rings is 1. The van der Waals surface area contributed by atoms with Gasteiger partial charge in [0, 0.05) is 24.5 Å². The quantitative estimate of drug-likeness (QED) is 0.758. The Morgan fingerprint density at radius 2 is 2.17 bits per heavy atom. The lowest BCUT2D eigenvalue weighted by Gasteiger charge is -2.34. The molecule has 1 aliphatic rings. The van der Waals surface area contributed by atoms with E-state index in [1.165, 1.54) is 11.8 Å². The zero-order chi connectivity index (χ0) is 17.7. The predicted octanol–water partition coefficient (Wildman–Crippen LogP) is 2.61. The van der Waals surface area contributed by atoms with E-state index in [1.54, 1.807) is 0 Å². The number of halogens is 1. The van der Waals surface area contributed by atoms with Crippen LogP contribution in [0.5, 0.6) is 0 Å². The molecule has 134 valence electrons. The zero-order valence-corrected chi connectivity index (χ0v) is 16.3. The first-order valence-corrected chi connectivity index (χ1v) is 11.1. The molecule has 1 amide bonds. The maximum atomic E-state index is 12.7. The summed E-state index contributed by atoms with van der Waals surface area (Å²) < 4.78 is 25.0. The van der Waals surface area contributed by atoms with Crippen LogP contribution < -0.4 is 4.72 Å². The van der Waals surface area contributed by atoms with Gasteiger partial charge in [-0.05, 0) is 37.8 Å². The number of amides is 1. The Hall–Kier alpha value is -0.760. The van der Waals surface area contributed by atoms with Gasteiger partial charge in [-0.2, -0.15) is 0 Å². The Labute approximate surface area is 153 Å². The number of carbonyl (C=O) groups excluding carboxylic acids is 1. The molecular weight excluding hydrogens is 368 g/mol. The zero-order valence-electron chi connectivity index (χ0n) is 13.9. The van der Waals surface area contributed by atoms with Gasteiger partial charge in [0.25, 0.3) is 0 Å². The van der Waals surface area contributed by atoms with Crippen molar-refractivity contribution in [3.8, 4) is 0 Å². The second-order valence-electron chi connectivity index (χ2n) is 6.10. The normalized spacial score (nSPS) is 20.0. The molecule has 0 aliphatic carbocycles. The second kappa shape index (κ2) is 8.56. The summed E-state index contributed by atoms with van der Waals surface area (Å²) in [5.74, 6) is 0.235.